The molecular formula is C40H25NO. The molecule has 9 aromatic rings. The third-order valence-corrected chi connectivity index (χ3v) is 8.58. The molecule has 2 nitrogen and oxygen atoms in total. The number of rotatable bonds is 3. The minimum Gasteiger partial charge on any atom is -0.456 e. The topological polar surface area (TPSA) is 16.4 Å². The Morgan fingerprint density at radius 3 is 1.86 bits per heavy atom. The molecule has 1 heterocycles. The van der Waals surface area contributed by atoms with E-state index in [4.69, 9.17) is 4.42 Å². The molecule has 0 N–H and O–H groups in total. The van der Waals surface area contributed by atoms with Crippen LogP contribution in [0.15, 0.2) is 156 Å². The minimum absolute atomic E-state index is 0.922. The van der Waals surface area contributed by atoms with E-state index < -0.39 is 0 Å². The molecule has 2 heteroatoms. The van der Waals surface area contributed by atoms with Crippen LogP contribution in [0.5, 0.6) is 0 Å². The SMILES string of the molecule is c1ccc(N(c2ccc3ccc4cc5oc6ccccc6c5cc4c3c2)c2cc3ccccc3c3ccccc23)cc1. The fourth-order valence-electron chi connectivity index (χ4n) is 6.62. The smallest absolute Gasteiger partial charge is 0.136 e. The number of furan rings is 1. The summed E-state index contributed by atoms with van der Waals surface area (Å²) in [6, 6.07) is 54.5. The number of hydrogen-bond donors (Lipinski definition) is 0. The van der Waals surface area contributed by atoms with Crippen molar-refractivity contribution in [1.82, 2.24) is 0 Å². The van der Waals surface area contributed by atoms with Crippen LogP contribution in [-0.2, 0) is 0 Å². The second kappa shape index (κ2) is 8.95. The highest BCUT2D eigenvalue weighted by molar-refractivity contribution is 6.18. The molecule has 0 radical (unpaired) electrons. The summed E-state index contributed by atoms with van der Waals surface area (Å²) in [5.74, 6) is 0. The molecule has 0 fully saturated rings. The molecule has 9 rings (SSSR count). The van der Waals surface area contributed by atoms with E-state index in [1.807, 2.05) is 12.1 Å². The van der Waals surface area contributed by atoms with Gasteiger partial charge in [-0.25, -0.2) is 0 Å². The maximum absolute atomic E-state index is 6.22. The van der Waals surface area contributed by atoms with Crippen LogP contribution in [0.1, 0.15) is 0 Å². The van der Waals surface area contributed by atoms with Gasteiger partial charge in [-0.2, -0.15) is 0 Å². The number of nitrogens with zero attached hydrogens (tertiary/aromatic N) is 1. The third kappa shape index (κ3) is 3.45. The lowest BCUT2D eigenvalue weighted by Gasteiger charge is -2.28. The zero-order valence-electron chi connectivity index (χ0n) is 22.8. The summed E-state index contributed by atoms with van der Waals surface area (Å²) in [7, 11) is 0. The third-order valence-electron chi connectivity index (χ3n) is 8.58. The standard InChI is InChI=1S/C40H25NO/c1-2-11-29(12-3-1)41(38-22-27-10-4-5-13-31(27)32-14-6-7-15-33(32)38)30-21-20-26-18-19-28-23-40-37(25-36(28)35(26)24-30)34-16-8-9-17-39(34)42-40/h1-25H. The lowest BCUT2D eigenvalue weighted by molar-refractivity contribution is 0.669. The molecule has 0 aliphatic heterocycles. The van der Waals surface area contributed by atoms with Crippen LogP contribution in [0.2, 0.25) is 0 Å². The van der Waals surface area contributed by atoms with Gasteiger partial charge in [-0.1, -0.05) is 103 Å². The van der Waals surface area contributed by atoms with E-state index in [1.165, 1.54) is 48.8 Å². The Bertz CT molecular complexity index is 2470. The van der Waals surface area contributed by atoms with Crippen molar-refractivity contribution in [3.63, 3.8) is 0 Å². The highest BCUT2D eigenvalue weighted by Gasteiger charge is 2.18. The predicted molar refractivity (Wildman–Crippen MR) is 178 cm³/mol. The van der Waals surface area contributed by atoms with Crippen molar-refractivity contribution < 1.29 is 4.42 Å². The molecule has 0 spiro atoms. The first-order chi connectivity index (χ1) is 20.8. The van der Waals surface area contributed by atoms with Gasteiger partial charge in [-0.05, 0) is 86.2 Å². The molecule has 0 unspecified atom stereocenters. The molecule has 0 atom stereocenters. The molecule has 0 amide bonds. The first-order valence-corrected chi connectivity index (χ1v) is 14.4. The van der Waals surface area contributed by atoms with E-state index in [2.05, 4.69) is 144 Å². The Morgan fingerprint density at radius 1 is 0.333 bits per heavy atom. The Morgan fingerprint density at radius 2 is 0.976 bits per heavy atom. The quantitative estimate of drug-likeness (QED) is 0.209. The number of benzene rings is 8. The van der Waals surface area contributed by atoms with Crippen molar-refractivity contribution in [3.05, 3.63) is 152 Å². The summed E-state index contributed by atoms with van der Waals surface area (Å²) in [6.07, 6.45) is 0. The lowest BCUT2D eigenvalue weighted by Crippen LogP contribution is -2.10. The molecule has 0 aliphatic rings. The molecular weight excluding hydrogens is 510 g/mol. The van der Waals surface area contributed by atoms with Crippen LogP contribution in [0.3, 0.4) is 0 Å². The number of hydrogen-bond acceptors (Lipinski definition) is 2. The minimum atomic E-state index is 0.922. The highest BCUT2D eigenvalue weighted by atomic mass is 16.3. The van der Waals surface area contributed by atoms with Crippen LogP contribution in [-0.4, -0.2) is 0 Å². The summed E-state index contributed by atoms with van der Waals surface area (Å²) >= 11 is 0. The van der Waals surface area contributed by atoms with Gasteiger partial charge in [0.15, 0.2) is 0 Å². The number of anilines is 3. The first-order valence-electron chi connectivity index (χ1n) is 14.4. The molecule has 0 bridgehead atoms. The van der Waals surface area contributed by atoms with Gasteiger partial charge in [0.25, 0.3) is 0 Å². The van der Waals surface area contributed by atoms with Crippen molar-refractivity contribution in [2.45, 2.75) is 0 Å². The van der Waals surface area contributed by atoms with E-state index in [0.717, 1.165) is 33.3 Å². The van der Waals surface area contributed by atoms with Crippen molar-refractivity contribution >= 4 is 82.1 Å². The average Bonchev–Trinajstić information content (AvgIpc) is 3.42. The molecule has 0 saturated heterocycles. The fraction of sp³-hybridized carbons (Fsp3) is 0. The first kappa shape index (κ1) is 23.1. The Kier molecular flexibility index (Phi) is 4.93. The summed E-state index contributed by atoms with van der Waals surface area (Å²) in [6.45, 7) is 0. The van der Waals surface area contributed by atoms with Gasteiger partial charge in [0.05, 0.1) is 5.69 Å². The summed E-state index contributed by atoms with van der Waals surface area (Å²) in [5, 5.41) is 12.1. The van der Waals surface area contributed by atoms with E-state index in [9.17, 15) is 0 Å². The van der Waals surface area contributed by atoms with Crippen LogP contribution < -0.4 is 4.90 Å². The number of para-hydroxylation sites is 2. The normalized spacial score (nSPS) is 11.8. The van der Waals surface area contributed by atoms with Gasteiger partial charge in [-0.3, -0.25) is 0 Å². The van der Waals surface area contributed by atoms with Crippen molar-refractivity contribution in [2.75, 3.05) is 4.90 Å². The van der Waals surface area contributed by atoms with Gasteiger partial charge >= 0.3 is 0 Å². The fourth-order valence-corrected chi connectivity index (χ4v) is 6.62. The zero-order valence-corrected chi connectivity index (χ0v) is 22.8. The predicted octanol–water partition coefficient (Wildman–Crippen LogP) is 11.7. The molecule has 196 valence electrons. The van der Waals surface area contributed by atoms with E-state index in [1.54, 1.807) is 0 Å². The zero-order chi connectivity index (χ0) is 27.6. The lowest BCUT2D eigenvalue weighted by atomic mass is 9.97. The second-order valence-electron chi connectivity index (χ2n) is 11.0. The Labute approximate surface area is 242 Å². The van der Waals surface area contributed by atoms with Crippen LogP contribution in [0, 0.1) is 0 Å². The Balaban J connectivity index is 1.35. The van der Waals surface area contributed by atoms with Gasteiger partial charge in [0.1, 0.15) is 11.2 Å². The van der Waals surface area contributed by atoms with Crippen LogP contribution >= 0.6 is 0 Å². The van der Waals surface area contributed by atoms with Crippen molar-refractivity contribution in [2.24, 2.45) is 0 Å². The highest BCUT2D eigenvalue weighted by Crippen LogP contribution is 2.43. The molecule has 0 aliphatic carbocycles. The second-order valence-corrected chi connectivity index (χ2v) is 11.0. The summed E-state index contributed by atoms with van der Waals surface area (Å²) in [5.41, 5.74) is 5.26. The summed E-state index contributed by atoms with van der Waals surface area (Å²) in [4.78, 5) is 2.40. The van der Waals surface area contributed by atoms with Crippen molar-refractivity contribution in [3.8, 4) is 0 Å². The van der Waals surface area contributed by atoms with Gasteiger partial charge in [0.2, 0.25) is 0 Å². The van der Waals surface area contributed by atoms with Crippen LogP contribution in [0.4, 0.5) is 17.1 Å². The molecule has 42 heavy (non-hydrogen) atoms. The number of fused-ring (bicyclic) bond motifs is 9. The monoisotopic (exact) mass is 535 g/mol. The summed E-state index contributed by atoms with van der Waals surface area (Å²) < 4.78 is 6.22. The van der Waals surface area contributed by atoms with Crippen LogP contribution in [0.25, 0.3) is 65.0 Å². The molecule has 8 aromatic carbocycles. The molecule has 1 aromatic heterocycles. The van der Waals surface area contributed by atoms with Gasteiger partial charge < -0.3 is 9.32 Å². The Hall–Kier alpha value is -5.60. The maximum Gasteiger partial charge on any atom is 0.136 e. The largest absolute Gasteiger partial charge is 0.456 e. The van der Waals surface area contributed by atoms with E-state index >= 15 is 0 Å². The van der Waals surface area contributed by atoms with Gasteiger partial charge in [-0.15, -0.1) is 0 Å². The van der Waals surface area contributed by atoms with E-state index in [0.29, 0.717) is 0 Å². The van der Waals surface area contributed by atoms with E-state index in [-0.39, 0.29) is 0 Å². The van der Waals surface area contributed by atoms with Gasteiger partial charge in [0, 0.05) is 27.5 Å². The van der Waals surface area contributed by atoms with Crippen molar-refractivity contribution in [1.29, 1.82) is 0 Å². The molecule has 0 saturated carbocycles. The average molecular weight is 536 g/mol. The maximum atomic E-state index is 6.22.